The number of nitrogens with one attached hydrogen (secondary N) is 1. The summed E-state index contributed by atoms with van der Waals surface area (Å²) in [5, 5.41) is 3.29. The smallest absolute Gasteiger partial charge is 0.254 e. The fraction of sp³-hybridized carbons (Fsp3) is 0.462. The van der Waals surface area contributed by atoms with Gasteiger partial charge in [0.05, 0.1) is 0 Å². The first kappa shape index (κ1) is 11.9. The lowest BCUT2D eigenvalue weighted by molar-refractivity contribution is 0.0765. The summed E-state index contributed by atoms with van der Waals surface area (Å²) < 4.78 is 0. The van der Waals surface area contributed by atoms with Crippen LogP contribution in [0, 0.1) is 6.92 Å². The van der Waals surface area contributed by atoms with E-state index >= 15 is 0 Å². The van der Waals surface area contributed by atoms with Gasteiger partial charge in [-0.3, -0.25) is 4.79 Å². The molecule has 1 aromatic carbocycles. The number of nitrogen functional groups attached to an aromatic ring is 1. The molecule has 4 heteroatoms. The van der Waals surface area contributed by atoms with Gasteiger partial charge >= 0.3 is 0 Å². The Kier molecular flexibility index (Phi) is 3.64. The Hall–Kier alpha value is -1.55. The minimum atomic E-state index is 0.0958. The summed E-state index contributed by atoms with van der Waals surface area (Å²) in [6, 6.07) is 5.52. The summed E-state index contributed by atoms with van der Waals surface area (Å²) in [5.41, 5.74) is 8.13. The topological polar surface area (TPSA) is 58.4 Å². The molecule has 0 aromatic heterocycles. The predicted octanol–water partition coefficient (Wildman–Crippen LogP) is 1.01. The molecule has 1 saturated heterocycles. The maximum Gasteiger partial charge on any atom is 0.254 e. The van der Waals surface area contributed by atoms with Crippen molar-refractivity contribution >= 4 is 11.6 Å². The Bertz CT molecular complexity index is 409. The van der Waals surface area contributed by atoms with E-state index in [2.05, 4.69) is 5.32 Å². The molecule has 1 amide bonds. The van der Waals surface area contributed by atoms with E-state index in [9.17, 15) is 4.79 Å². The third-order valence-corrected chi connectivity index (χ3v) is 3.23. The van der Waals surface area contributed by atoms with Crippen molar-refractivity contribution in [1.29, 1.82) is 0 Å². The first-order valence-corrected chi connectivity index (χ1v) is 6.05. The number of carbonyl (C=O) groups is 1. The zero-order chi connectivity index (χ0) is 12.3. The molecular formula is C13H19N3O. The van der Waals surface area contributed by atoms with Crippen molar-refractivity contribution in [2.24, 2.45) is 0 Å². The van der Waals surface area contributed by atoms with Gasteiger partial charge < -0.3 is 16.0 Å². The van der Waals surface area contributed by atoms with E-state index in [0.717, 1.165) is 43.7 Å². The van der Waals surface area contributed by atoms with Crippen LogP contribution in [0.3, 0.4) is 0 Å². The summed E-state index contributed by atoms with van der Waals surface area (Å²) >= 11 is 0. The maximum absolute atomic E-state index is 12.4. The molecule has 1 aliphatic rings. The van der Waals surface area contributed by atoms with Crippen LogP contribution < -0.4 is 11.1 Å². The second-order valence-electron chi connectivity index (χ2n) is 4.42. The van der Waals surface area contributed by atoms with Crippen molar-refractivity contribution in [3.8, 4) is 0 Å². The largest absolute Gasteiger partial charge is 0.398 e. The Labute approximate surface area is 102 Å². The zero-order valence-electron chi connectivity index (χ0n) is 10.2. The van der Waals surface area contributed by atoms with Crippen LogP contribution in [0.2, 0.25) is 0 Å². The molecule has 0 spiro atoms. The van der Waals surface area contributed by atoms with Crippen LogP contribution in [0.1, 0.15) is 22.3 Å². The molecule has 0 atom stereocenters. The third kappa shape index (κ3) is 2.58. The van der Waals surface area contributed by atoms with Crippen LogP contribution in [-0.2, 0) is 0 Å². The standard InChI is InChI=1S/C13H19N3O/c1-10-11(4-2-5-12(10)14)13(17)16-8-3-6-15-7-9-16/h2,4-5,15H,3,6-9,14H2,1H3. The average molecular weight is 233 g/mol. The van der Waals surface area contributed by atoms with E-state index in [-0.39, 0.29) is 5.91 Å². The van der Waals surface area contributed by atoms with E-state index in [1.807, 2.05) is 30.0 Å². The summed E-state index contributed by atoms with van der Waals surface area (Å²) in [4.78, 5) is 14.3. The van der Waals surface area contributed by atoms with Crippen molar-refractivity contribution < 1.29 is 4.79 Å². The molecule has 1 heterocycles. The van der Waals surface area contributed by atoms with E-state index in [4.69, 9.17) is 5.73 Å². The van der Waals surface area contributed by atoms with E-state index in [1.54, 1.807) is 0 Å². The van der Waals surface area contributed by atoms with Crippen LogP contribution in [0.4, 0.5) is 5.69 Å². The number of nitrogens with two attached hydrogens (primary N) is 1. The average Bonchev–Trinajstić information content (AvgIpc) is 2.60. The highest BCUT2D eigenvalue weighted by Gasteiger charge is 2.19. The van der Waals surface area contributed by atoms with Crippen molar-refractivity contribution in [3.63, 3.8) is 0 Å². The third-order valence-electron chi connectivity index (χ3n) is 3.23. The number of carbonyl (C=O) groups excluding carboxylic acids is 1. The van der Waals surface area contributed by atoms with Gasteiger partial charge in [-0.1, -0.05) is 6.07 Å². The molecule has 3 N–H and O–H groups in total. The van der Waals surface area contributed by atoms with Gasteiger partial charge in [-0.2, -0.15) is 0 Å². The van der Waals surface area contributed by atoms with E-state index < -0.39 is 0 Å². The Morgan fingerprint density at radius 3 is 3.00 bits per heavy atom. The van der Waals surface area contributed by atoms with Crippen molar-refractivity contribution in [1.82, 2.24) is 10.2 Å². The molecule has 0 radical (unpaired) electrons. The van der Waals surface area contributed by atoms with Crippen LogP contribution in [0.5, 0.6) is 0 Å². The minimum Gasteiger partial charge on any atom is -0.398 e. The number of hydrogen-bond acceptors (Lipinski definition) is 3. The Morgan fingerprint density at radius 1 is 1.35 bits per heavy atom. The van der Waals surface area contributed by atoms with Gasteiger partial charge in [0.2, 0.25) is 0 Å². The number of hydrogen-bond donors (Lipinski definition) is 2. The summed E-state index contributed by atoms with van der Waals surface area (Å²) in [6.07, 6.45) is 1.01. The number of benzene rings is 1. The molecule has 0 saturated carbocycles. The van der Waals surface area contributed by atoms with Crippen molar-refractivity contribution in [2.45, 2.75) is 13.3 Å². The molecule has 17 heavy (non-hydrogen) atoms. The lowest BCUT2D eigenvalue weighted by Gasteiger charge is -2.21. The second kappa shape index (κ2) is 5.19. The van der Waals surface area contributed by atoms with Crippen molar-refractivity contribution in [3.05, 3.63) is 29.3 Å². The predicted molar refractivity (Wildman–Crippen MR) is 69.0 cm³/mol. The molecule has 1 fully saturated rings. The number of nitrogens with zero attached hydrogens (tertiary/aromatic N) is 1. The number of amides is 1. The molecular weight excluding hydrogens is 214 g/mol. The van der Waals surface area contributed by atoms with Crippen LogP contribution in [0.25, 0.3) is 0 Å². The molecule has 0 bridgehead atoms. The lowest BCUT2D eigenvalue weighted by atomic mass is 10.1. The number of anilines is 1. The SMILES string of the molecule is Cc1c(N)cccc1C(=O)N1CCCNCC1. The molecule has 0 aliphatic carbocycles. The fourth-order valence-electron chi connectivity index (χ4n) is 2.10. The van der Waals surface area contributed by atoms with Crippen LogP contribution in [0.15, 0.2) is 18.2 Å². The summed E-state index contributed by atoms with van der Waals surface area (Å²) in [6.45, 7) is 5.35. The second-order valence-corrected chi connectivity index (χ2v) is 4.42. The zero-order valence-corrected chi connectivity index (χ0v) is 10.2. The highest BCUT2D eigenvalue weighted by molar-refractivity contribution is 5.96. The van der Waals surface area contributed by atoms with Crippen LogP contribution >= 0.6 is 0 Å². The summed E-state index contributed by atoms with van der Waals surface area (Å²) in [5.74, 6) is 0.0958. The van der Waals surface area contributed by atoms with Gasteiger partial charge in [0.15, 0.2) is 0 Å². The van der Waals surface area contributed by atoms with Gasteiger partial charge in [0, 0.05) is 30.9 Å². The van der Waals surface area contributed by atoms with Gasteiger partial charge in [-0.15, -0.1) is 0 Å². The fourth-order valence-corrected chi connectivity index (χ4v) is 2.10. The lowest BCUT2D eigenvalue weighted by Crippen LogP contribution is -2.34. The molecule has 0 unspecified atom stereocenters. The quantitative estimate of drug-likeness (QED) is 0.712. The maximum atomic E-state index is 12.4. The first-order valence-electron chi connectivity index (χ1n) is 6.05. The van der Waals surface area contributed by atoms with Gasteiger partial charge in [0.25, 0.3) is 5.91 Å². The highest BCUT2D eigenvalue weighted by atomic mass is 16.2. The van der Waals surface area contributed by atoms with E-state index in [1.165, 1.54) is 0 Å². The first-order chi connectivity index (χ1) is 8.20. The molecule has 4 nitrogen and oxygen atoms in total. The summed E-state index contributed by atoms with van der Waals surface area (Å²) in [7, 11) is 0. The van der Waals surface area contributed by atoms with Crippen LogP contribution in [-0.4, -0.2) is 37.0 Å². The van der Waals surface area contributed by atoms with Gasteiger partial charge in [-0.25, -0.2) is 0 Å². The Morgan fingerprint density at radius 2 is 2.18 bits per heavy atom. The Balaban J connectivity index is 2.20. The van der Waals surface area contributed by atoms with Gasteiger partial charge in [0.1, 0.15) is 0 Å². The van der Waals surface area contributed by atoms with E-state index in [0.29, 0.717) is 5.69 Å². The molecule has 1 aromatic rings. The monoisotopic (exact) mass is 233 g/mol. The normalized spacial score (nSPS) is 16.6. The number of rotatable bonds is 1. The molecule has 1 aliphatic heterocycles. The molecule has 92 valence electrons. The molecule has 2 rings (SSSR count). The minimum absolute atomic E-state index is 0.0958. The van der Waals surface area contributed by atoms with Crippen molar-refractivity contribution in [2.75, 3.05) is 31.9 Å². The highest BCUT2D eigenvalue weighted by Crippen LogP contribution is 2.17. The van der Waals surface area contributed by atoms with Gasteiger partial charge in [-0.05, 0) is 37.6 Å².